The zero-order valence-corrected chi connectivity index (χ0v) is 14.5. The standard InChI is InChI=1S/C18H15ClN4O3/c1-11-15(10-20-21-17(25)14-4-2-3-5-16(14)24)18(26)23(22-11)13-8-6-12(19)7-9-13/h2-10,22,24H,1H3,(H,21,25)/b20-10-. The number of phenolic OH excluding ortho intramolecular Hbond substituents is 1. The maximum atomic E-state index is 12.5. The van der Waals surface area contributed by atoms with Crippen molar-refractivity contribution in [3.8, 4) is 11.4 Å². The fourth-order valence-corrected chi connectivity index (χ4v) is 2.49. The van der Waals surface area contributed by atoms with Crippen molar-refractivity contribution in [1.82, 2.24) is 15.2 Å². The number of phenols is 1. The van der Waals surface area contributed by atoms with Crippen molar-refractivity contribution >= 4 is 23.7 Å². The van der Waals surface area contributed by atoms with Gasteiger partial charge in [0.25, 0.3) is 11.5 Å². The number of halogens is 1. The molecule has 7 nitrogen and oxygen atoms in total. The number of carbonyl (C=O) groups excluding carboxylic acids is 1. The lowest BCUT2D eigenvalue weighted by Gasteiger charge is -2.01. The molecule has 0 bridgehead atoms. The van der Waals surface area contributed by atoms with Crippen LogP contribution >= 0.6 is 11.6 Å². The Balaban J connectivity index is 1.81. The smallest absolute Gasteiger partial charge is 0.280 e. The molecule has 2 aromatic carbocycles. The quantitative estimate of drug-likeness (QED) is 0.486. The van der Waals surface area contributed by atoms with E-state index in [0.717, 1.165) is 0 Å². The summed E-state index contributed by atoms with van der Waals surface area (Å²) in [6, 6.07) is 12.9. The first-order chi connectivity index (χ1) is 12.5. The first-order valence-corrected chi connectivity index (χ1v) is 8.04. The van der Waals surface area contributed by atoms with E-state index >= 15 is 0 Å². The van der Waals surface area contributed by atoms with E-state index in [-0.39, 0.29) is 16.9 Å². The molecule has 0 aliphatic rings. The van der Waals surface area contributed by atoms with Crippen LogP contribution in [0.25, 0.3) is 5.69 Å². The van der Waals surface area contributed by atoms with E-state index < -0.39 is 5.91 Å². The zero-order valence-electron chi connectivity index (χ0n) is 13.7. The van der Waals surface area contributed by atoms with E-state index in [9.17, 15) is 14.7 Å². The predicted octanol–water partition coefficient (Wildman–Crippen LogP) is 2.60. The molecule has 0 aliphatic carbocycles. The van der Waals surface area contributed by atoms with Gasteiger partial charge >= 0.3 is 0 Å². The topological polar surface area (TPSA) is 99.5 Å². The Labute approximate surface area is 153 Å². The predicted molar refractivity (Wildman–Crippen MR) is 99.3 cm³/mol. The molecule has 0 radical (unpaired) electrons. The molecule has 3 rings (SSSR count). The summed E-state index contributed by atoms with van der Waals surface area (Å²) in [4.78, 5) is 24.5. The number of benzene rings is 2. The monoisotopic (exact) mass is 370 g/mol. The SMILES string of the molecule is Cc1[nH]n(-c2ccc(Cl)cc2)c(=O)c1/C=N\NC(=O)c1ccccc1O. The fourth-order valence-electron chi connectivity index (χ4n) is 2.36. The number of nitrogens with zero attached hydrogens (tertiary/aromatic N) is 2. The van der Waals surface area contributed by atoms with Crippen molar-refractivity contribution in [2.45, 2.75) is 6.92 Å². The zero-order chi connectivity index (χ0) is 18.7. The molecule has 0 saturated carbocycles. The number of H-pyrrole nitrogens is 1. The molecule has 3 aromatic rings. The lowest BCUT2D eigenvalue weighted by molar-refractivity contribution is 0.0952. The number of hydrazone groups is 1. The molecule has 3 N–H and O–H groups in total. The van der Waals surface area contributed by atoms with Crippen molar-refractivity contribution < 1.29 is 9.90 Å². The van der Waals surface area contributed by atoms with Crippen LogP contribution in [0, 0.1) is 6.92 Å². The average Bonchev–Trinajstić information content (AvgIpc) is 2.91. The molecule has 0 fully saturated rings. The van der Waals surface area contributed by atoms with E-state index in [2.05, 4.69) is 15.6 Å². The number of para-hydroxylation sites is 1. The third-order valence-corrected chi connectivity index (χ3v) is 3.96. The second-order valence-electron chi connectivity index (χ2n) is 5.48. The Morgan fingerprint density at radius 2 is 1.92 bits per heavy atom. The molecule has 132 valence electrons. The van der Waals surface area contributed by atoms with Gasteiger partial charge in [-0.3, -0.25) is 14.7 Å². The minimum Gasteiger partial charge on any atom is -0.507 e. The molecule has 8 heteroatoms. The molecule has 26 heavy (non-hydrogen) atoms. The van der Waals surface area contributed by atoms with Crippen LogP contribution in [0.15, 0.2) is 58.4 Å². The molecular formula is C18H15ClN4O3. The Hall–Kier alpha value is -3.32. The summed E-state index contributed by atoms with van der Waals surface area (Å²) < 4.78 is 1.36. The lowest BCUT2D eigenvalue weighted by atomic mass is 10.2. The Bertz CT molecular complexity index is 1040. The van der Waals surface area contributed by atoms with E-state index in [1.807, 2.05) is 0 Å². The van der Waals surface area contributed by atoms with Crippen molar-refractivity contribution in [2.75, 3.05) is 0 Å². The third-order valence-electron chi connectivity index (χ3n) is 3.71. The molecule has 0 aliphatic heterocycles. The van der Waals surface area contributed by atoms with Crippen molar-refractivity contribution in [3.05, 3.63) is 80.7 Å². The number of rotatable bonds is 4. The molecule has 1 heterocycles. The highest BCUT2D eigenvalue weighted by molar-refractivity contribution is 6.30. The number of aromatic amines is 1. The van der Waals surface area contributed by atoms with Gasteiger partial charge in [0.15, 0.2) is 0 Å². The van der Waals surface area contributed by atoms with Crippen molar-refractivity contribution in [1.29, 1.82) is 0 Å². The summed E-state index contributed by atoms with van der Waals surface area (Å²) >= 11 is 5.86. The molecule has 0 spiro atoms. The highest BCUT2D eigenvalue weighted by Gasteiger charge is 2.12. The molecule has 0 atom stereocenters. The van der Waals surface area contributed by atoms with E-state index in [4.69, 9.17) is 11.6 Å². The number of hydrogen-bond donors (Lipinski definition) is 3. The Morgan fingerprint density at radius 1 is 1.23 bits per heavy atom. The summed E-state index contributed by atoms with van der Waals surface area (Å²) in [5, 5.41) is 17.0. The average molecular weight is 371 g/mol. The molecule has 0 saturated heterocycles. The highest BCUT2D eigenvalue weighted by atomic mass is 35.5. The lowest BCUT2D eigenvalue weighted by Crippen LogP contribution is -2.20. The van der Waals surface area contributed by atoms with Crippen LogP contribution < -0.4 is 11.0 Å². The van der Waals surface area contributed by atoms with Crippen LogP contribution in [-0.4, -0.2) is 27.0 Å². The maximum absolute atomic E-state index is 12.5. The van der Waals surface area contributed by atoms with Gasteiger partial charge in [0, 0.05) is 10.7 Å². The van der Waals surface area contributed by atoms with Crippen molar-refractivity contribution in [2.24, 2.45) is 5.10 Å². The summed E-state index contributed by atoms with van der Waals surface area (Å²) in [5.41, 5.74) is 3.58. The van der Waals surface area contributed by atoms with Crippen LogP contribution in [0.2, 0.25) is 5.02 Å². The minimum atomic E-state index is -0.578. The largest absolute Gasteiger partial charge is 0.507 e. The van der Waals surface area contributed by atoms with Crippen LogP contribution in [0.1, 0.15) is 21.6 Å². The van der Waals surface area contributed by atoms with E-state index in [0.29, 0.717) is 22.0 Å². The minimum absolute atomic E-state index is 0.0917. The maximum Gasteiger partial charge on any atom is 0.280 e. The fraction of sp³-hybridized carbons (Fsp3) is 0.0556. The summed E-state index contributed by atoms with van der Waals surface area (Å²) in [6.45, 7) is 1.72. The first-order valence-electron chi connectivity index (χ1n) is 7.66. The third kappa shape index (κ3) is 3.52. The normalized spacial score (nSPS) is 11.0. The summed E-state index contributed by atoms with van der Waals surface area (Å²) in [7, 11) is 0. The summed E-state index contributed by atoms with van der Waals surface area (Å²) in [5.74, 6) is -0.728. The Morgan fingerprint density at radius 3 is 2.62 bits per heavy atom. The van der Waals surface area contributed by atoms with Gasteiger partial charge in [-0.15, -0.1) is 0 Å². The second-order valence-corrected chi connectivity index (χ2v) is 5.92. The van der Waals surface area contributed by atoms with Crippen LogP contribution in [0.3, 0.4) is 0 Å². The number of aryl methyl sites for hydroxylation is 1. The second kappa shape index (κ2) is 7.28. The number of carbonyl (C=O) groups is 1. The number of amides is 1. The molecular weight excluding hydrogens is 356 g/mol. The molecule has 1 aromatic heterocycles. The van der Waals surface area contributed by atoms with Gasteiger partial charge < -0.3 is 5.11 Å². The van der Waals surface area contributed by atoms with Gasteiger partial charge in [0.05, 0.1) is 23.0 Å². The van der Waals surface area contributed by atoms with E-state index in [1.54, 1.807) is 43.3 Å². The van der Waals surface area contributed by atoms with Gasteiger partial charge in [0.1, 0.15) is 5.75 Å². The molecule has 1 amide bonds. The van der Waals surface area contributed by atoms with Gasteiger partial charge in [-0.1, -0.05) is 23.7 Å². The van der Waals surface area contributed by atoms with Crippen LogP contribution in [0.4, 0.5) is 0 Å². The number of aromatic hydroxyl groups is 1. The van der Waals surface area contributed by atoms with Gasteiger partial charge in [0.2, 0.25) is 0 Å². The number of aromatic nitrogens is 2. The van der Waals surface area contributed by atoms with Gasteiger partial charge in [-0.2, -0.15) is 5.10 Å². The number of hydrogen-bond acceptors (Lipinski definition) is 4. The van der Waals surface area contributed by atoms with Crippen LogP contribution in [0.5, 0.6) is 5.75 Å². The van der Waals surface area contributed by atoms with Gasteiger partial charge in [-0.05, 0) is 43.3 Å². The first kappa shape index (κ1) is 17.5. The summed E-state index contributed by atoms with van der Waals surface area (Å²) in [6.07, 6.45) is 1.26. The van der Waals surface area contributed by atoms with E-state index in [1.165, 1.54) is 23.0 Å². The van der Waals surface area contributed by atoms with Crippen LogP contribution in [-0.2, 0) is 0 Å². The highest BCUT2D eigenvalue weighted by Crippen LogP contribution is 2.15. The Kier molecular flexibility index (Phi) is 4.90. The van der Waals surface area contributed by atoms with Crippen molar-refractivity contribution in [3.63, 3.8) is 0 Å². The number of nitrogens with one attached hydrogen (secondary N) is 2. The van der Waals surface area contributed by atoms with Gasteiger partial charge in [-0.25, -0.2) is 10.1 Å². The molecule has 0 unspecified atom stereocenters.